The van der Waals surface area contributed by atoms with Crippen LogP contribution in [0.2, 0.25) is 0 Å². The van der Waals surface area contributed by atoms with Gasteiger partial charge in [0.15, 0.2) is 0 Å². The monoisotopic (exact) mass is 413 g/mol. The van der Waals surface area contributed by atoms with Crippen molar-refractivity contribution in [3.63, 3.8) is 0 Å². The maximum absolute atomic E-state index is 12.7. The topological polar surface area (TPSA) is 57.6 Å². The molecule has 6 atom stereocenters. The summed E-state index contributed by atoms with van der Waals surface area (Å²) in [5, 5.41) is 9.59. The predicted octanol–water partition coefficient (Wildman–Crippen LogP) is 2.67. The van der Waals surface area contributed by atoms with Crippen molar-refractivity contribution in [2.75, 3.05) is 4.90 Å². The Kier molecular flexibility index (Phi) is 2.99. The fraction of sp³-hybridized carbons (Fsp3) is 0.467. The molecule has 1 N–H and O–H groups in total. The quantitative estimate of drug-likeness (QED) is 0.567. The number of carbonyl (C=O) groups excluding carboxylic acids is 2. The van der Waals surface area contributed by atoms with Crippen LogP contribution in [0.5, 0.6) is 5.75 Å². The molecule has 3 fully saturated rings. The number of benzene rings is 1. The molecule has 0 spiro atoms. The zero-order valence-corrected chi connectivity index (χ0v) is 14.1. The van der Waals surface area contributed by atoms with Crippen molar-refractivity contribution in [3.05, 3.63) is 24.3 Å². The van der Waals surface area contributed by atoms with Crippen LogP contribution in [0, 0.1) is 23.7 Å². The molecule has 0 radical (unpaired) electrons. The van der Waals surface area contributed by atoms with Crippen LogP contribution in [0.4, 0.5) is 5.69 Å². The summed E-state index contributed by atoms with van der Waals surface area (Å²) in [6, 6.07) is 6.34. The van der Waals surface area contributed by atoms with Crippen LogP contribution in [0.3, 0.4) is 0 Å². The molecule has 4 rings (SSSR count). The fourth-order valence-electron chi connectivity index (χ4n) is 4.24. The molecule has 1 aliphatic heterocycles. The van der Waals surface area contributed by atoms with Crippen LogP contribution >= 0.6 is 31.9 Å². The van der Waals surface area contributed by atoms with E-state index in [0.29, 0.717) is 5.69 Å². The second kappa shape index (κ2) is 4.56. The molecule has 1 aromatic carbocycles. The number of rotatable bonds is 1. The molecule has 2 aliphatic carbocycles. The van der Waals surface area contributed by atoms with E-state index in [1.54, 1.807) is 12.1 Å². The smallest absolute Gasteiger partial charge is 0.238 e. The summed E-state index contributed by atoms with van der Waals surface area (Å²) in [6.45, 7) is 0. The van der Waals surface area contributed by atoms with Crippen molar-refractivity contribution in [2.45, 2.75) is 16.1 Å². The molecule has 4 nitrogen and oxygen atoms in total. The molecule has 2 amide bonds. The van der Waals surface area contributed by atoms with Crippen molar-refractivity contribution in [1.29, 1.82) is 0 Å². The van der Waals surface area contributed by atoms with E-state index in [4.69, 9.17) is 0 Å². The number of carbonyl (C=O) groups is 2. The Balaban J connectivity index is 1.75. The summed E-state index contributed by atoms with van der Waals surface area (Å²) in [7, 11) is 0. The largest absolute Gasteiger partial charge is 0.508 e. The number of phenols is 1. The molecular formula is C15H13Br2NO3. The summed E-state index contributed by atoms with van der Waals surface area (Å²) >= 11 is 7.33. The average molecular weight is 415 g/mol. The molecule has 1 heterocycles. The number of amides is 2. The molecule has 0 aromatic heterocycles. The van der Waals surface area contributed by atoms with E-state index in [0.717, 1.165) is 6.42 Å². The van der Waals surface area contributed by atoms with E-state index in [1.807, 2.05) is 0 Å². The Morgan fingerprint density at radius 2 is 1.62 bits per heavy atom. The van der Waals surface area contributed by atoms with E-state index in [1.165, 1.54) is 17.0 Å². The number of imide groups is 1. The number of fused-ring (bicyclic) bond motifs is 5. The number of aromatic hydroxyl groups is 1. The molecule has 0 unspecified atom stereocenters. The highest BCUT2D eigenvalue weighted by molar-refractivity contribution is 9.12. The highest BCUT2D eigenvalue weighted by Gasteiger charge is 2.66. The van der Waals surface area contributed by atoms with Crippen LogP contribution in [-0.4, -0.2) is 26.6 Å². The summed E-state index contributed by atoms with van der Waals surface area (Å²) < 4.78 is 0. The van der Waals surface area contributed by atoms with E-state index in [2.05, 4.69) is 31.9 Å². The lowest BCUT2D eigenvalue weighted by Gasteiger charge is -2.28. The lowest BCUT2D eigenvalue weighted by Crippen LogP contribution is -2.37. The first-order valence-corrected chi connectivity index (χ1v) is 8.79. The van der Waals surface area contributed by atoms with Crippen molar-refractivity contribution in [3.8, 4) is 5.75 Å². The SMILES string of the molecule is O=C1[C@H]2[C@@H]3C[C@@H]([C@H](Br)[C@@H]3Br)[C@@H]2C(=O)N1c1cccc(O)c1. The van der Waals surface area contributed by atoms with Gasteiger partial charge < -0.3 is 5.11 Å². The van der Waals surface area contributed by atoms with Crippen LogP contribution in [-0.2, 0) is 9.59 Å². The van der Waals surface area contributed by atoms with E-state index >= 15 is 0 Å². The van der Waals surface area contributed by atoms with Gasteiger partial charge in [0.2, 0.25) is 11.8 Å². The molecule has 1 aromatic rings. The Morgan fingerprint density at radius 3 is 2.14 bits per heavy atom. The minimum Gasteiger partial charge on any atom is -0.508 e. The molecule has 2 bridgehead atoms. The number of anilines is 1. The maximum atomic E-state index is 12.7. The van der Waals surface area contributed by atoms with Crippen LogP contribution < -0.4 is 4.90 Å². The zero-order chi connectivity index (χ0) is 14.9. The first kappa shape index (κ1) is 13.8. The van der Waals surface area contributed by atoms with Gasteiger partial charge in [0, 0.05) is 15.7 Å². The zero-order valence-electron chi connectivity index (χ0n) is 10.9. The van der Waals surface area contributed by atoms with Gasteiger partial charge in [-0.05, 0) is 30.4 Å². The van der Waals surface area contributed by atoms with Crippen molar-refractivity contribution < 1.29 is 14.7 Å². The first-order valence-electron chi connectivity index (χ1n) is 6.95. The van der Waals surface area contributed by atoms with Crippen LogP contribution in [0.1, 0.15) is 6.42 Å². The molecule has 6 heteroatoms. The first-order chi connectivity index (χ1) is 10.0. The Morgan fingerprint density at radius 1 is 1.05 bits per heavy atom. The Hall–Kier alpha value is -0.880. The van der Waals surface area contributed by atoms with Gasteiger partial charge in [0.05, 0.1) is 17.5 Å². The minimum absolute atomic E-state index is 0.0601. The van der Waals surface area contributed by atoms with Gasteiger partial charge in [-0.15, -0.1) is 0 Å². The number of hydrogen-bond donors (Lipinski definition) is 1. The predicted molar refractivity (Wildman–Crippen MR) is 84.6 cm³/mol. The maximum Gasteiger partial charge on any atom is 0.238 e. The van der Waals surface area contributed by atoms with Crippen LogP contribution in [0.25, 0.3) is 0 Å². The highest BCUT2D eigenvalue weighted by Crippen LogP contribution is 2.60. The lowest BCUT2D eigenvalue weighted by atomic mass is 9.81. The fourth-order valence-corrected chi connectivity index (χ4v) is 6.11. The highest BCUT2D eigenvalue weighted by atomic mass is 79.9. The second-order valence-electron chi connectivity index (χ2n) is 6.04. The third-order valence-corrected chi connectivity index (χ3v) is 8.28. The third kappa shape index (κ3) is 1.72. The summed E-state index contributed by atoms with van der Waals surface area (Å²) in [4.78, 5) is 27.2. The molecule has 110 valence electrons. The van der Waals surface area contributed by atoms with Gasteiger partial charge in [0.1, 0.15) is 5.75 Å². The molecule has 3 aliphatic rings. The van der Waals surface area contributed by atoms with Crippen molar-refractivity contribution >= 4 is 49.4 Å². The minimum atomic E-state index is -0.219. The van der Waals surface area contributed by atoms with Gasteiger partial charge in [0.25, 0.3) is 0 Å². The normalized spacial score (nSPS) is 41.0. The van der Waals surface area contributed by atoms with Gasteiger partial charge in [-0.1, -0.05) is 37.9 Å². The number of phenolic OH excluding ortho intramolecular Hbond substituents is 1. The number of halogens is 2. The molecule has 21 heavy (non-hydrogen) atoms. The number of hydrogen-bond acceptors (Lipinski definition) is 3. The number of nitrogens with zero attached hydrogens (tertiary/aromatic N) is 1. The third-order valence-electron chi connectivity index (χ3n) is 5.08. The van der Waals surface area contributed by atoms with E-state index < -0.39 is 0 Å². The van der Waals surface area contributed by atoms with Gasteiger partial charge in [-0.3, -0.25) is 9.59 Å². The van der Waals surface area contributed by atoms with Gasteiger partial charge >= 0.3 is 0 Å². The van der Waals surface area contributed by atoms with Gasteiger partial charge in [-0.2, -0.15) is 0 Å². The van der Waals surface area contributed by atoms with E-state index in [-0.39, 0.29) is 50.9 Å². The molecule has 1 saturated heterocycles. The Bertz CT molecular complexity index is 618. The lowest BCUT2D eigenvalue weighted by molar-refractivity contribution is -0.123. The molecular weight excluding hydrogens is 402 g/mol. The second-order valence-corrected chi connectivity index (χ2v) is 8.15. The summed E-state index contributed by atoms with van der Waals surface area (Å²) in [5.74, 6) is -0.193. The van der Waals surface area contributed by atoms with Crippen molar-refractivity contribution in [1.82, 2.24) is 0 Å². The molecule has 2 saturated carbocycles. The van der Waals surface area contributed by atoms with Crippen LogP contribution in [0.15, 0.2) is 24.3 Å². The Labute approximate surface area is 138 Å². The summed E-state index contributed by atoms with van der Waals surface area (Å²) in [6.07, 6.45) is 0.923. The number of alkyl halides is 2. The summed E-state index contributed by atoms with van der Waals surface area (Å²) in [5.41, 5.74) is 0.469. The standard InChI is InChI=1S/C15H13Br2NO3/c16-12-8-5-9(13(12)17)11-10(8)14(20)18(15(11)21)6-2-1-3-7(19)4-6/h1-4,8-13,19H,5H2/t8-,9+,10-,11-,12+,13-/m0/s1. The van der Waals surface area contributed by atoms with Crippen molar-refractivity contribution in [2.24, 2.45) is 23.7 Å². The van der Waals surface area contributed by atoms with E-state index in [9.17, 15) is 14.7 Å². The average Bonchev–Trinajstić information content (AvgIpc) is 3.04. The van der Waals surface area contributed by atoms with Gasteiger partial charge in [-0.25, -0.2) is 4.90 Å².